The standard InChI is InChI=1S/C12H26N2O/c1-6-7-12(5,13)11(15)14-10(4)8-9(2)3/h9-10H,6-8,13H2,1-5H3,(H,14,15). The number of carbonyl (C=O) groups excluding carboxylic acids is 1. The first-order valence-electron chi connectivity index (χ1n) is 5.89. The Morgan fingerprint density at radius 2 is 1.93 bits per heavy atom. The van der Waals surface area contributed by atoms with Gasteiger partial charge in [-0.1, -0.05) is 27.2 Å². The molecule has 2 atom stereocenters. The predicted molar refractivity (Wildman–Crippen MR) is 64.6 cm³/mol. The number of nitrogens with one attached hydrogen (secondary N) is 1. The molecule has 1 amide bonds. The molecule has 0 aromatic rings. The van der Waals surface area contributed by atoms with E-state index in [0.717, 1.165) is 19.3 Å². The lowest BCUT2D eigenvalue weighted by Gasteiger charge is -2.26. The molecule has 0 aromatic carbocycles. The summed E-state index contributed by atoms with van der Waals surface area (Å²) in [6.45, 7) is 10.2. The fraction of sp³-hybridized carbons (Fsp3) is 0.917. The maximum atomic E-state index is 11.8. The SMILES string of the molecule is CCCC(C)(N)C(=O)NC(C)CC(C)C. The van der Waals surface area contributed by atoms with Gasteiger partial charge in [0, 0.05) is 6.04 Å². The van der Waals surface area contributed by atoms with Gasteiger partial charge in [0.25, 0.3) is 0 Å². The normalized spacial score (nSPS) is 17.3. The number of hydrogen-bond acceptors (Lipinski definition) is 2. The van der Waals surface area contributed by atoms with Crippen molar-refractivity contribution in [3.05, 3.63) is 0 Å². The van der Waals surface area contributed by atoms with Gasteiger partial charge in [-0.3, -0.25) is 4.79 Å². The van der Waals surface area contributed by atoms with Crippen LogP contribution in [0.4, 0.5) is 0 Å². The monoisotopic (exact) mass is 214 g/mol. The summed E-state index contributed by atoms with van der Waals surface area (Å²) in [7, 11) is 0. The molecule has 0 radical (unpaired) electrons. The fourth-order valence-corrected chi connectivity index (χ4v) is 1.79. The second-order valence-corrected chi connectivity index (χ2v) is 5.17. The smallest absolute Gasteiger partial charge is 0.240 e. The molecular weight excluding hydrogens is 188 g/mol. The van der Waals surface area contributed by atoms with Crippen LogP contribution in [-0.4, -0.2) is 17.5 Å². The largest absolute Gasteiger partial charge is 0.352 e. The summed E-state index contributed by atoms with van der Waals surface area (Å²) in [5, 5.41) is 2.97. The average molecular weight is 214 g/mol. The van der Waals surface area contributed by atoms with Gasteiger partial charge in [0.1, 0.15) is 0 Å². The quantitative estimate of drug-likeness (QED) is 0.711. The van der Waals surface area contributed by atoms with E-state index in [4.69, 9.17) is 5.73 Å². The van der Waals surface area contributed by atoms with Crippen LogP contribution in [0.5, 0.6) is 0 Å². The lowest BCUT2D eigenvalue weighted by Crippen LogP contribution is -2.53. The molecule has 3 nitrogen and oxygen atoms in total. The van der Waals surface area contributed by atoms with Crippen LogP contribution in [0.2, 0.25) is 0 Å². The van der Waals surface area contributed by atoms with E-state index < -0.39 is 5.54 Å². The Hall–Kier alpha value is -0.570. The molecule has 0 saturated heterocycles. The van der Waals surface area contributed by atoms with Gasteiger partial charge in [0.2, 0.25) is 5.91 Å². The van der Waals surface area contributed by atoms with Crippen LogP contribution in [0.1, 0.15) is 53.9 Å². The van der Waals surface area contributed by atoms with E-state index in [9.17, 15) is 4.79 Å². The molecule has 15 heavy (non-hydrogen) atoms. The Labute approximate surface area is 93.8 Å². The maximum Gasteiger partial charge on any atom is 0.240 e. The molecule has 0 rings (SSSR count). The van der Waals surface area contributed by atoms with Crippen molar-refractivity contribution in [1.82, 2.24) is 5.32 Å². The van der Waals surface area contributed by atoms with Gasteiger partial charge in [0.15, 0.2) is 0 Å². The number of carbonyl (C=O) groups is 1. The summed E-state index contributed by atoms with van der Waals surface area (Å²) < 4.78 is 0. The Bertz CT molecular complexity index is 200. The third kappa shape index (κ3) is 5.78. The van der Waals surface area contributed by atoms with E-state index in [1.165, 1.54) is 0 Å². The number of nitrogens with two attached hydrogens (primary N) is 1. The minimum absolute atomic E-state index is 0.0301. The van der Waals surface area contributed by atoms with Crippen molar-refractivity contribution < 1.29 is 4.79 Å². The van der Waals surface area contributed by atoms with Crippen molar-refractivity contribution in [2.45, 2.75) is 65.5 Å². The summed E-state index contributed by atoms with van der Waals surface area (Å²) in [6, 6.07) is 0.206. The summed E-state index contributed by atoms with van der Waals surface area (Å²) in [4.78, 5) is 11.8. The first-order chi connectivity index (χ1) is 6.79. The van der Waals surface area contributed by atoms with Crippen molar-refractivity contribution in [2.24, 2.45) is 11.7 Å². The highest BCUT2D eigenvalue weighted by molar-refractivity contribution is 5.85. The third-order valence-corrected chi connectivity index (χ3v) is 2.49. The van der Waals surface area contributed by atoms with Gasteiger partial charge in [-0.05, 0) is 32.6 Å². The highest BCUT2D eigenvalue weighted by atomic mass is 16.2. The Kier molecular flexibility index (Phi) is 5.88. The highest BCUT2D eigenvalue weighted by Gasteiger charge is 2.27. The van der Waals surface area contributed by atoms with Crippen molar-refractivity contribution in [3.63, 3.8) is 0 Å². The van der Waals surface area contributed by atoms with Gasteiger partial charge in [-0.2, -0.15) is 0 Å². The lowest BCUT2D eigenvalue weighted by molar-refractivity contribution is -0.126. The van der Waals surface area contributed by atoms with Gasteiger partial charge in [-0.25, -0.2) is 0 Å². The lowest BCUT2D eigenvalue weighted by atomic mass is 9.95. The molecule has 90 valence electrons. The Morgan fingerprint density at radius 1 is 1.40 bits per heavy atom. The molecule has 3 heteroatoms. The Balaban J connectivity index is 4.11. The number of amides is 1. The number of hydrogen-bond donors (Lipinski definition) is 2. The van der Waals surface area contributed by atoms with Crippen LogP contribution in [0, 0.1) is 5.92 Å². The molecule has 0 aromatic heterocycles. The van der Waals surface area contributed by atoms with Crippen molar-refractivity contribution in [1.29, 1.82) is 0 Å². The van der Waals surface area contributed by atoms with Crippen LogP contribution in [0.25, 0.3) is 0 Å². The zero-order chi connectivity index (χ0) is 12.1. The number of rotatable bonds is 6. The maximum absolute atomic E-state index is 11.8. The van der Waals surface area contributed by atoms with E-state index in [2.05, 4.69) is 19.2 Å². The zero-order valence-electron chi connectivity index (χ0n) is 10.8. The summed E-state index contributed by atoms with van der Waals surface area (Å²) in [5.41, 5.74) is 5.22. The third-order valence-electron chi connectivity index (χ3n) is 2.49. The molecule has 0 spiro atoms. The summed E-state index contributed by atoms with van der Waals surface area (Å²) >= 11 is 0. The van der Waals surface area contributed by atoms with E-state index in [1.54, 1.807) is 6.92 Å². The van der Waals surface area contributed by atoms with E-state index in [0.29, 0.717) is 5.92 Å². The van der Waals surface area contributed by atoms with Gasteiger partial charge in [-0.15, -0.1) is 0 Å². The van der Waals surface area contributed by atoms with E-state index >= 15 is 0 Å². The minimum Gasteiger partial charge on any atom is -0.352 e. The summed E-state index contributed by atoms with van der Waals surface area (Å²) in [5.74, 6) is 0.563. The zero-order valence-corrected chi connectivity index (χ0v) is 10.8. The molecule has 0 aliphatic heterocycles. The molecular formula is C12H26N2O. The van der Waals surface area contributed by atoms with Gasteiger partial charge in [0.05, 0.1) is 5.54 Å². The van der Waals surface area contributed by atoms with Crippen LogP contribution in [0.3, 0.4) is 0 Å². The molecule has 0 saturated carbocycles. The second kappa shape index (κ2) is 6.11. The first-order valence-corrected chi connectivity index (χ1v) is 5.89. The fourth-order valence-electron chi connectivity index (χ4n) is 1.79. The molecule has 3 N–H and O–H groups in total. The van der Waals surface area contributed by atoms with Crippen LogP contribution in [0.15, 0.2) is 0 Å². The highest BCUT2D eigenvalue weighted by Crippen LogP contribution is 2.10. The van der Waals surface area contributed by atoms with Gasteiger partial charge >= 0.3 is 0 Å². The summed E-state index contributed by atoms with van der Waals surface area (Å²) in [6.07, 6.45) is 2.65. The minimum atomic E-state index is -0.722. The molecule has 0 aliphatic carbocycles. The molecule has 0 heterocycles. The Morgan fingerprint density at radius 3 is 2.33 bits per heavy atom. The molecule has 0 aliphatic rings. The molecule has 0 fully saturated rings. The predicted octanol–water partition coefficient (Wildman–Crippen LogP) is 2.05. The first kappa shape index (κ1) is 14.4. The van der Waals surface area contributed by atoms with Crippen LogP contribution >= 0.6 is 0 Å². The van der Waals surface area contributed by atoms with Crippen molar-refractivity contribution in [3.8, 4) is 0 Å². The van der Waals surface area contributed by atoms with Crippen molar-refractivity contribution >= 4 is 5.91 Å². The topological polar surface area (TPSA) is 55.1 Å². The average Bonchev–Trinajstić information content (AvgIpc) is 2.01. The van der Waals surface area contributed by atoms with Gasteiger partial charge < -0.3 is 11.1 Å². The molecule has 2 unspecified atom stereocenters. The second-order valence-electron chi connectivity index (χ2n) is 5.17. The van der Waals surface area contributed by atoms with E-state index in [-0.39, 0.29) is 11.9 Å². The van der Waals surface area contributed by atoms with Crippen LogP contribution in [-0.2, 0) is 4.79 Å². The molecule has 0 bridgehead atoms. The van der Waals surface area contributed by atoms with E-state index in [1.807, 2.05) is 13.8 Å². The van der Waals surface area contributed by atoms with Crippen LogP contribution < -0.4 is 11.1 Å². The van der Waals surface area contributed by atoms with Crippen molar-refractivity contribution in [2.75, 3.05) is 0 Å².